The number of alkyl halides is 2. The van der Waals surface area contributed by atoms with Crippen LogP contribution >= 0.6 is 0 Å². The van der Waals surface area contributed by atoms with Crippen LogP contribution in [0.2, 0.25) is 0 Å². The maximum absolute atomic E-state index is 12.2. The molecule has 0 aliphatic carbocycles. The zero-order valence-electron chi connectivity index (χ0n) is 6.88. The fourth-order valence-electron chi connectivity index (χ4n) is 0.924. The van der Waals surface area contributed by atoms with Crippen molar-refractivity contribution in [2.24, 2.45) is 5.73 Å². The van der Waals surface area contributed by atoms with Crippen molar-refractivity contribution in [3.8, 4) is 0 Å². The maximum Gasteiger partial charge on any atom is 0.280 e. The topological polar surface area (TPSA) is 102 Å². The predicted molar refractivity (Wildman–Crippen MR) is 44.9 cm³/mol. The highest BCUT2D eigenvalue weighted by molar-refractivity contribution is 5.93. The number of nitrogens with one attached hydrogen (secondary N) is 1. The Morgan fingerprint density at radius 3 is 2.50 bits per heavy atom. The summed E-state index contributed by atoms with van der Waals surface area (Å²) >= 11 is 0. The zero-order valence-corrected chi connectivity index (χ0v) is 6.88. The lowest BCUT2D eigenvalue weighted by atomic mass is 10.2. The number of pyridine rings is 1. The Labute approximate surface area is 76.7 Å². The highest BCUT2D eigenvalue weighted by atomic mass is 19.3. The molecular formula is C7H7F2N3O2. The van der Waals surface area contributed by atoms with Gasteiger partial charge in [-0.3, -0.25) is 9.59 Å². The van der Waals surface area contributed by atoms with Crippen molar-refractivity contribution < 1.29 is 13.6 Å². The number of anilines is 1. The number of rotatable bonds is 2. The van der Waals surface area contributed by atoms with Gasteiger partial charge in [0, 0.05) is 6.20 Å². The molecule has 0 saturated carbocycles. The summed E-state index contributed by atoms with van der Waals surface area (Å²) in [5, 5.41) is 0. The normalized spacial score (nSPS) is 10.5. The number of carbonyl (C=O) groups excluding carboxylic acids is 1. The molecule has 0 radical (unpaired) electrons. The summed E-state index contributed by atoms with van der Waals surface area (Å²) in [5.74, 6) is -1.02. The van der Waals surface area contributed by atoms with E-state index in [2.05, 4.69) is 4.98 Å². The molecule has 1 rings (SSSR count). The second-order valence-electron chi connectivity index (χ2n) is 2.52. The Bertz CT molecular complexity index is 427. The molecule has 0 aromatic carbocycles. The van der Waals surface area contributed by atoms with Gasteiger partial charge in [0.15, 0.2) is 0 Å². The van der Waals surface area contributed by atoms with Gasteiger partial charge in [-0.15, -0.1) is 0 Å². The number of primary amides is 1. The molecule has 1 aromatic heterocycles. The molecule has 0 saturated heterocycles. The Hall–Kier alpha value is -1.92. The summed E-state index contributed by atoms with van der Waals surface area (Å²) in [4.78, 5) is 23.8. The van der Waals surface area contributed by atoms with E-state index in [0.29, 0.717) is 0 Å². The maximum atomic E-state index is 12.2. The second-order valence-corrected chi connectivity index (χ2v) is 2.52. The zero-order chi connectivity index (χ0) is 10.9. The number of nitrogen functional groups attached to an aromatic ring is 1. The standard InChI is InChI=1S/C7H7F2N3O2/c8-6(9)4-3(10)5(13)2(1-12-4)7(11)14/h1,6H,10H2,(H2,11,14)(H,12,13). The third-order valence-corrected chi connectivity index (χ3v) is 1.64. The number of aromatic amines is 1. The average Bonchev–Trinajstić information content (AvgIpc) is 2.08. The Kier molecular flexibility index (Phi) is 2.50. The number of hydrogen-bond donors (Lipinski definition) is 3. The van der Waals surface area contributed by atoms with Gasteiger partial charge in [0.2, 0.25) is 5.43 Å². The van der Waals surface area contributed by atoms with Crippen LogP contribution in [0.5, 0.6) is 0 Å². The molecule has 0 fully saturated rings. The van der Waals surface area contributed by atoms with Crippen LogP contribution < -0.4 is 16.9 Å². The van der Waals surface area contributed by atoms with Gasteiger partial charge in [0.25, 0.3) is 12.3 Å². The van der Waals surface area contributed by atoms with Crippen LogP contribution in [-0.2, 0) is 0 Å². The summed E-state index contributed by atoms with van der Waals surface area (Å²) in [7, 11) is 0. The van der Waals surface area contributed by atoms with E-state index in [0.717, 1.165) is 6.20 Å². The van der Waals surface area contributed by atoms with Crippen LogP contribution in [0.25, 0.3) is 0 Å². The van der Waals surface area contributed by atoms with Gasteiger partial charge in [0.05, 0.1) is 0 Å². The molecular weight excluding hydrogens is 196 g/mol. The highest BCUT2D eigenvalue weighted by Crippen LogP contribution is 2.19. The van der Waals surface area contributed by atoms with Crippen molar-refractivity contribution >= 4 is 11.6 Å². The molecule has 0 bridgehead atoms. The van der Waals surface area contributed by atoms with Crippen LogP contribution in [-0.4, -0.2) is 10.9 Å². The van der Waals surface area contributed by atoms with Gasteiger partial charge in [-0.1, -0.05) is 0 Å². The lowest BCUT2D eigenvalue weighted by molar-refractivity contribution is 0.0998. The van der Waals surface area contributed by atoms with Gasteiger partial charge >= 0.3 is 0 Å². The smallest absolute Gasteiger partial charge is 0.280 e. The van der Waals surface area contributed by atoms with E-state index in [9.17, 15) is 18.4 Å². The van der Waals surface area contributed by atoms with Crippen molar-refractivity contribution in [1.82, 2.24) is 4.98 Å². The molecule has 0 aliphatic rings. The molecule has 1 amide bonds. The van der Waals surface area contributed by atoms with Crippen molar-refractivity contribution in [1.29, 1.82) is 0 Å². The second kappa shape index (κ2) is 3.44. The molecule has 5 N–H and O–H groups in total. The monoisotopic (exact) mass is 203 g/mol. The summed E-state index contributed by atoms with van der Waals surface area (Å²) in [5.41, 5.74) is 7.09. The minimum absolute atomic E-state index is 0.438. The quantitative estimate of drug-likeness (QED) is 0.630. The number of amides is 1. The number of nitrogens with two attached hydrogens (primary N) is 2. The number of H-pyrrole nitrogens is 1. The Morgan fingerprint density at radius 2 is 2.07 bits per heavy atom. The van der Waals surface area contributed by atoms with Crippen molar-refractivity contribution in [2.75, 3.05) is 5.73 Å². The number of halogens is 2. The molecule has 14 heavy (non-hydrogen) atoms. The Morgan fingerprint density at radius 1 is 1.50 bits per heavy atom. The van der Waals surface area contributed by atoms with Crippen molar-refractivity contribution in [3.63, 3.8) is 0 Å². The summed E-state index contributed by atoms with van der Waals surface area (Å²) in [6, 6.07) is 0. The predicted octanol–water partition coefficient (Wildman–Crippen LogP) is -0.00640. The summed E-state index contributed by atoms with van der Waals surface area (Å²) in [6.07, 6.45) is -2.08. The first-order valence-corrected chi connectivity index (χ1v) is 3.54. The molecule has 7 heteroatoms. The van der Waals surface area contributed by atoms with Crippen LogP contribution in [0.1, 0.15) is 22.5 Å². The van der Waals surface area contributed by atoms with Gasteiger partial charge in [-0.05, 0) is 0 Å². The molecule has 0 atom stereocenters. The van der Waals surface area contributed by atoms with E-state index in [1.807, 2.05) is 0 Å². The largest absolute Gasteiger partial charge is 0.394 e. The summed E-state index contributed by atoms with van der Waals surface area (Å²) in [6.45, 7) is 0. The fourth-order valence-corrected chi connectivity index (χ4v) is 0.924. The van der Waals surface area contributed by atoms with Gasteiger partial charge in [-0.25, -0.2) is 8.78 Å². The molecule has 0 spiro atoms. The fraction of sp³-hybridized carbons (Fsp3) is 0.143. The van der Waals surface area contributed by atoms with Crippen LogP contribution in [0, 0.1) is 0 Å². The molecule has 1 heterocycles. The first kappa shape index (κ1) is 10.2. The van der Waals surface area contributed by atoms with Gasteiger partial charge in [-0.2, -0.15) is 0 Å². The highest BCUT2D eigenvalue weighted by Gasteiger charge is 2.17. The SMILES string of the molecule is NC(=O)c1c[nH]c(C(F)F)c(N)c1=O. The molecule has 0 aliphatic heterocycles. The van der Waals surface area contributed by atoms with Gasteiger partial charge in [0.1, 0.15) is 16.9 Å². The van der Waals surface area contributed by atoms with E-state index in [1.165, 1.54) is 0 Å². The van der Waals surface area contributed by atoms with Crippen LogP contribution in [0.15, 0.2) is 11.0 Å². The van der Waals surface area contributed by atoms with E-state index in [-0.39, 0.29) is 0 Å². The van der Waals surface area contributed by atoms with E-state index < -0.39 is 34.7 Å². The van der Waals surface area contributed by atoms with Crippen molar-refractivity contribution in [3.05, 3.63) is 27.7 Å². The van der Waals surface area contributed by atoms with Crippen LogP contribution in [0.4, 0.5) is 14.5 Å². The molecule has 1 aromatic rings. The Balaban J connectivity index is 3.42. The minimum Gasteiger partial charge on any atom is -0.394 e. The first-order chi connectivity index (χ1) is 6.45. The summed E-state index contributed by atoms with van der Waals surface area (Å²) < 4.78 is 24.3. The number of hydrogen-bond acceptors (Lipinski definition) is 3. The van der Waals surface area contributed by atoms with Crippen LogP contribution in [0.3, 0.4) is 0 Å². The average molecular weight is 203 g/mol. The lowest BCUT2D eigenvalue weighted by Crippen LogP contribution is -2.25. The molecule has 5 nitrogen and oxygen atoms in total. The number of carbonyl (C=O) groups is 1. The third-order valence-electron chi connectivity index (χ3n) is 1.64. The van der Waals surface area contributed by atoms with E-state index >= 15 is 0 Å². The lowest BCUT2D eigenvalue weighted by Gasteiger charge is -2.04. The van der Waals surface area contributed by atoms with Crippen molar-refractivity contribution in [2.45, 2.75) is 6.43 Å². The number of aromatic nitrogens is 1. The molecule has 0 unspecified atom stereocenters. The van der Waals surface area contributed by atoms with Gasteiger partial charge < -0.3 is 16.5 Å². The molecule has 76 valence electrons. The minimum atomic E-state index is -2.90. The third kappa shape index (κ3) is 1.56. The van der Waals surface area contributed by atoms with E-state index in [1.54, 1.807) is 0 Å². The first-order valence-electron chi connectivity index (χ1n) is 3.54. The van der Waals surface area contributed by atoms with E-state index in [4.69, 9.17) is 11.5 Å².